The average Bonchev–Trinajstić information content (AvgIpc) is 2.25. The highest BCUT2D eigenvalue weighted by Crippen LogP contribution is 2.32. The maximum absolute atomic E-state index is 10.4. The summed E-state index contributed by atoms with van der Waals surface area (Å²) in [6.07, 6.45) is 1.96. The molecule has 0 amide bonds. The van der Waals surface area contributed by atoms with Crippen molar-refractivity contribution in [1.29, 1.82) is 0 Å². The van der Waals surface area contributed by atoms with Crippen LogP contribution in [0.3, 0.4) is 0 Å². The largest absolute Gasteiger partial charge is 0.508 e. The smallest absolute Gasteiger partial charge is 0.120 e. The van der Waals surface area contributed by atoms with Crippen LogP contribution in [0.1, 0.15) is 18.4 Å². The molecule has 88 valence electrons. The lowest BCUT2D eigenvalue weighted by Crippen LogP contribution is -2.43. The minimum atomic E-state index is -0.688. The summed E-state index contributed by atoms with van der Waals surface area (Å²) in [5.74, 6) is 0.251. The van der Waals surface area contributed by atoms with Gasteiger partial charge >= 0.3 is 0 Å². The van der Waals surface area contributed by atoms with E-state index in [0.29, 0.717) is 6.42 Å². The highest BCUT2D eigenvalue weighted by molar-refractivity contribution is 9.10. The van der Waals surface area contributed by atoms with Crippen LogP contribution in [0.25, 0.3) is 0 Å². The van der Waals surface area contributed by atoms with Gasteiger partial charge in [0.2, 0.25) is 0 Å². The van der Waals surface area contributed by atoms with Crippen LogP contribution in [0.2, 0.25) is 0 Å². The molecule has 1 aromatic carbocycles. The number of aromatic hydroxyl groups is 1. The molecule has 0 bridgehead atoms. The monoisotopic (exact) mass is 285 g/mol. The van der Waals surface area contributed by atoms with Crippen LogP contribution >= 0.6 is 15.9 Å². The molecular weight excluding hydrogens is 270 g/mol. The van der Waals surface area contributed by atoms with Gasteiger partial charge in [-0.05, 0) is 38.1 Å². The van der Waals surface area contributed by atoms with Gasteiger partial charge in [-0.3, -0.25) is 0 Å². The number of piperidine rings is 1. The van der Waals surface area contributed by atoms with Gasteiger partial charge in [-0.2, -0.15) is 0 Å². The fraction of sp³-hybridized carbons (Fsp3) is 0.500. The second kappa shape index (κ2) is 4.73. The van der Waals surface area contributed by atoms with Gasteiger partial charge in [-0.25, -0.2) is 0 Å². The van der Waals surface area contributed by atoms with Crippen LogP contribution in [0.5, 0.6) is 5.75 Å². The minimum absolute atomic E-state index is 0.251. The number of phenols is 1. The third-order valence-corrected chi connectivity index (χ3v) is 3.88. The Morgan fingerprint density at radius 1 is 1.31 bits per heavy atom. The molecular formula is C12H16BrNO2. The predicted molar refractivity (Wildman–Crippen MR) is 66.6 cm³/mol. The normalized spacial score (nSPS) is 19.6. The van der Waals surface area contributed by atoms with Gasteiger partial charge in [0.25, 0.3) is 0 Å². The second-order valence-corrected chi connectivity index (χ2v) is 5.24. The van der Waals surface area contributed by atoms with E-state index in [0.717, 1.165) is 36.0 Å². The molecule has 0 saturated carbocycles. The molecule has 0 aromatic heterocycles. The highest BCUT2D eigenvalue weighted by atomic mass is 79.9. The van der Waals surface area contributed by atoms with Crippen molar-refractivity contribution in [2.75, 3.05) is 13.1 Å². The number of benzene rings is 1. The van der Waals surface area contributed by atoms with Crippen molar-refractivity contribution >= 4 is 15.9 Å². The van der Waals surface area contributed by atoms with E-state index >= 15 is 0 Å². The number of halogens is 1. The molecule has 1 aliphatic rings. The Balaban J connectivity index is 2.19. The van der Waals surface area contributed by atoms with E-state index in [1.54, 1.807) is 12.1 Å². The summed E-state index contributed by atoms with van der Waals surface area (Å²) in [6, 6.07) is 5.33. The molecule has 3 nitrogen and oxygen atoms in total. The average molecular weight is 286 g/mol. The Bertz CT molecular complexity index is 355. The molecule has 2 rings (SSSR count). The number of hydrogen-bond acceptors (Lipinski definition) is 3. The molecule has 1 aromatic rings. The first kappa shape index (κ1) is 11.9. The summed E-state index contributed by atoms with van der Waals surface area (Å²) in [6.45, 7) is 1.67. The van der Waals surface area contributed by atoms with Crippen molar-refractivity contribution in [2.45, 2.75) is 24.9 Å². The fourth-order valence-electron chi connectivity index (χ4n) is 2.12. The number of hydrogen-bond donors (Lipinski definition) is 3. The molecule has 0 aliphatic carbocycles. The SMILES string of the molecule is Oc1cccc(Br)c1CC1(O)CCNCC1. The zero-order valence-corrected chi connectivity index (χ0v) is 10.6. The van der Waals surface area contributed by atoms with Crippen LogP contribution < -0.4 is 5.32 Å². The number of aliphatic hydroxyl groups is 1. The number of phenolic OH excluding ortho intramolecular Hbond substituents is 1. The fourth-order valence-corrected chi connectivity index (χ4v) is 2.62. The van der Waals surface area contributed by atoms with Crippen molar-refractivity contribution in [3.05, 3.63) is 28.2 Å². The van der Waals surface area contributed by atoms with Gasteiger partial charge in [0.15, 0.2) is 0 Å². The van der Waals surface area contributed by atoms with Gasteiger partial charge in [-0.1, -0.05) is 22.0 Å². The lowest BCUT2D eigenvalue weighted by Gasteiger charge is -2.33. The third-order valence-electron chi connectivity index (χ3n) is 3.13. The van der Waals surface area contributed by atoms with Crippen LogP contribution in [-0.4, -0.2) is 28.9 Å². The van der Waals surface area contributed by atoms with E-state index in [4.69, 9.17) is 0 Å². The van der Waals surface area contributed by atoms with E-state index in [1.807, 2.05) is 6.07 Å². The molecule has 1 heterocycles. The van der Waals surface area contributed by atoms with E-state index < -0.39 is 5.60 Å². The van der Waals surface area contributed by atoms with Crippen molar-refractivity contribution in [3.63, 3.8) is 0 Å². The van der Waals surface area contributed by atoms with Crippen molar-refractivity contribution < 1.29 is 10.2 Å². The number of rotatable bonds is 2. The molecule has 4 heteroatoms. The maximum atomic E-state index is 10.4. The summed E-state index contributed by atoms with van der Waals surface area (Å²) in [7, 11) is 0. The van der Waals surface area contributed by atoms with Crippen LogP contribution in [0.4, 0.5) is 0 Å². The summed E-state index contributed by atoms with van der Waals surface area (Å²) < 4.78 is 0.861. The first-order chi connectivity index (χ1) is 7.61. The zero-order valence-electron chi connectivity index (χ0n) is 9.04. The molecule has 1 fully saturated rings. The Kier molecular flexibility index (Phi) is 3.52. The first-order valence-electron chi connectivity index (χ1n) is 5.50. The Morgan fingerprint density at radius 3 is 2.62 bits per heavy atom. The highest BCUT2D eigenvalue weighted by Gasteiger charge is 2.30. The Morgan fingerprint density at radius 2 is 2.00 bits per heavy atom. The molecule has 1 saturated heterocycles. The molecule has 16 heavy (non-hydrogen) atoms. The number of nitrogens with one attached hydrogen (secondary N) is 1. The van der Waals surface area contributed by atoms with Gasteiger partial charge in [0.05, 0.1) is 5.60 Å². The quantitative estimate of drug-likeness (QED) is 0.777. The van der Waals surface area contributed by atoms with Gasteiger partial charge in [0, 0.05) is 16.5 Å². The summed E-state index contributed by atoms with van der Waals surface area (Å²) >= 11 is 3.41. The van der Waals surface area contributed by atoms with E-state index in [-0.39, 0.29) is 5.75 Å². The predicted octanol–water partition coefficient (Wildman–Crippen LogP) is 1.81. The summed E-state index contributed by atoms with van der Waals surface area (Å²) in [4.78, 5) is 0. The first-order valence-corrected chi connectivity index (χ1v) is 6.29. The van der Waals surface area contributed by atoms with Gasteiger partial charge < -0.3 is 15.5 Å². The van der Waals surface area contributed by atoms with E-state index in [1.165, 1.54) is 0 Å². The van der Waals surface area contributed by atoms with Crippen molar-refractivity contribution in [3.8, 4) is 5.75 Å². The van der Waals surface area contributed by atoms with E-state index in [9.17, 15) is 10.2 Å². The van der Waals surface area contributed by atoms with Gasteiger partial charge in [0.1, 0.15) is 5.75 Å². The molecule has 0 spiro atoms. The Hall–Kier alpha value is -0.580. The maximum Gasteiger partial charge on any atom is 0.120 e. The van der Waals surface area contributed by atoms with Gasteiger partial charge in [-0.15, -0.1) is 0 Å². The third kappa shape index (κ3) is 2.56. The lowest BCUT2D eigenvalue weighted by molar-refractivity contribution is 0.0102. The summed E-state index contributed by atoms with van der Waals surface area (Å²) in [5, 5.41) is 23.4. The van der Waals surface area contributed by atoms with E-state index in [2.05, 4.69) is 21.2 Å². The van der Waals surface area contributed by atoms with Crippen LogP contribution in [-0.2, 0) is 6.42 Å². The second-order valence-electron chi connectivity index (χ2n) is 4.39. The standard InChI is InChI=1S/C12H16BrNO2/c13-10-2-1-3-11(15)9(10)8-12(16)4-6-14-7-5-12/h1-3,14-16H,4-8H2. The lowest BCUT2D eigenvalue weighted by atomic mass is 9.86. The zero-order chi connectivity index (χ0) is 11.6. The Labute approximate surface area is 104 Å². The van der Waals surface area contributed by atoms with Crippen LogP contribution in [0, 0.1) is 0 Å². The molecule has 0 atom stereocenters. The molecule has 0 radical (unpaired) electrons. The topological polar surface area (TPSA) is 52.5 Å². The molecule has 0 unspecified atom stereocenters. The molecule has 1 aliphatic heterocycles. The summed E-state index contributed by atoms with van der Waals surface area (Å²) in [5.41, 5.74) is 0.110. The molecule has 3 N–H and O–H groups in total. The van der Waals surface area contributed by atoms with Crippen molar-refractivity contribution in [1.82, 2.24) is 5.32 Å². The minimum Gasteiger partial charge on any atom is -0.508 e. The van der Waals surface area contributed by atoms with Crippen molar-refractivity contribution in [2.24, 2.45) is 0 Å². The van der Waals surface area contributed by atoms with Crippen LogP contribution in [0.15, 0.2) is 22.7 Å².